The maximum absolute atomic E-state index is 8.95. The Bertz CT molecular complexity index is 230. The average Bonchev–Trinajstić information content (AvgIpc) is 2.43. The highest BCUT2D eigenvalue weighted by molar-refractivity contribution is 4.81. The minimum absolute atomic E-state index is 0.336. The number of allylic oxidation sites excluding steroid dienone is 3. The van der Waals surface area contributed by atoms with Crippen LogP contribution in [-0.2, 0) is 0 Å². The molecule has 0 amide bonds. The van der Waals surface area contributed by atoms with Crippen molar-refractivity contribution in [3.05, 3.63) is 24.5 Å². The first-order chi connectivity index (χ1) is 9.77. The summed E-state index contributed by atoms with van der Waals surface area (Å²) in [6, 6.07) is 0. The standard InChI is InChI=1S/C19H36O/c1-3-4-5-6-7-8-9-10-11-12-13-14-15-16-17-18-19(2)20/h10-11,20H,2-9,12-18H2,1H3/b11-10+. The molecule has 118 valence electrons. The van der Waals surface area contributed by atoms with Crippen LogP contribution >= 0.6 is 0 Å². The average molecular weight is 280 g/mol. The summed E-state index contributed by atoms with van der Waals surface area (Å²) >= 11 is 0. The molecule has 1 N–H and O–H groups in total. The van der Waals surface area contributed by atoms with Crippen LogP contribution in [0.4, 0.5) is 0 Å². The predicted molar refractivity (Wildman–Crippen MR) is 91.2 cm³/mol. The van der Waals surface area contributed by atoms with Gasteiger partial charge in [-0.25, -0.2) is 0 Å². The second-order valence-corrected chi connectivity index (χ2v) is 5.90. The Kier molecular flexibility index (Phi) is 15.7. The molecule has 0 aromatic rings. The monoisotopic (exact) mass is 280 g/mol. The molecule has 1 heteroatoms. The van der Waals surface area contributed by atoms with Gasteiger partial charge in [-0.15, -0.1) is 0 Å². The van der Waals surface area contributed by atoms with Gasteiger partial charge in [-0.05, 0) is 32.1 Å². The second kappa shape index (κ2) is 16.3. The second-order valence-electron chi connectivity index (χ2n) is 5.90. The fourth-order valence-electron chi connectivity index (χ4n) is 2.40. The lowest BCUT2D eigenvalue weighted by Crippen LogP contribution is -1.82. The molecule has 0 rings (SSSR count). The quantitative estimate of drug-likeness (QED) is 0.193. The van der Waals surface area contributed by atoms with E-state index in [0.717, 1.165) is 12.8 Å². The zero-order chi connectivity index (χ0) is 14.9. The molecule has 0 saturated carbocycles. The van der Waals surface area contributed by atoms with E-state index in [4.69, 9.17) is 5.11 Å². The zero-order valence-corrected chi connectivity index (χ0v) is 13.7. The van der Waals surface area contributed by atoms with E-state index in [9.17, 15) is 0 Å². The van der Waals surface area contributed by atoms with Crippen molar-refractivity contribution in [3.63, 3.8) is 0 Å². The molecule has 0 saturated heterocycles. The van der Waals surface area contributed by atoms with E-state index >= 15 is 0 Å². The van der Waals surface area contributed by atoms with Crippen molar-refractivity contribution in [2.75, 3.05) is 0 Å². The van der Waals surface area contributed by atoms with Crippen LogP contribution in [0.1, 0.15) is 96.8 Å². The van der Waals surface area contributed by atoms with Crippen LogP contribution in [0.2, 0.25) is 0 Å². The molecule has 0 atom stereocenters. The van der Waals surface area contributed by atoms with Crippen molar-refractivity contribution in [1.29, 1.82) is 0 Å². The lowest BCUT2D eigenvalue weighted by Gasteiger charge is -2.00. The molecule has 0 radical (unpaired) electrons. The molecule has 0 spiro atoms. The summed E-state index contributed by atoms with van der Waals surface area (Å²) in [6.07, 6.45) is 22.6. The third kappa shape index (κ3) is 17.3. The smallest absolute Gasteiger partial charge is 0.0851 e. The van der Waals surface area contributed by atoms with Gasteiger partial charge in [0.25, 0.3) is 0 Å². The highest BCUT2D eigenvalue weighted by atomic mass is 16.3. The van der Waals surface area contributed by atoms with E-state index < -0.39 is 0 Å². The lowest BCUT2D eigenvalue weighted by molar-refractivity contribution is 0.383. The van der Waals surface area contributed by atoms with E-state index in [1.54, 1.807) is 0 Å². The SMILES string of the molecule is C=C(O)CCCCCCC/C=C/CCCCCCCC. The van der Waals surface area contributed by atoms with Crippen LogP contribution in [0, 0.1) is 0 Å². The third-order valence-electron chi connectivity index (χ3n) is 3.73. The van der Waals surface area contributed by atoms with E-state index in [1.165, 1.54) is 77.0 Å². The summed E-state index contributed by atoms with van der Waals surface area (Å²) < 4.78 is 0. The number of unbranched alkanes of at least 4 members (excludes halogenated alkanes) is 11. The van der Waals surface area contributed by atoms with Gasteiger partial charge in [0.2, 0.25) is 0 Å². The van der Waals surface area contributed by atoms with Crippen LogP contribution < -0.4 is 0 Å². The number of rotatable bonds is 15. The van der Waals surface area contributed by atoms with Crippen molar-refractivity contribution < 1.29 is 5.11 Å². The summed E-state index contributed by atoms with van der Waals surface area (Å²) in [6.45, 7) is 5.77. The number of aliphatic hydroxyl groups excluding tert-OH is 1. The van der Waals surface area contributed by atoms with Gasteiger partial charge in [-0.1, -0.05) is 77.0 Å². The fourth-order valence-corrected chi connectivity index (χ4v) is 2.40. The molecule has 0 aromatic carbocycles. The van der Waals surface area contributed by atoms with Gasteiger partial charge < -0.3 is 5.11 Å². The van der Waals surface area contributed by atoms with Crippen molar-refractivity contribution >= 4 is 0 Å². The summed E-state index contributed by atoms with van der Waals surface area (Å²) in [5.41, 5.74) is 0. The van der Waals surface area contributed by atoms with E-state index in [0.29, 0.717) is 5.76 Å². The van der Waals surface area contributed by atoms with Gasteiger partial charge in [0.05, 0.1) is 5.76 Å². The molecule has 0 aliphatic heterocycles. The van der Waals surface area contributed by atoms with Gasteiger partial charge in [-0.2, -0.15) is 0 Å². The first kappa shape index (κ1) is 19.3. The number of hydrogen-bond donors (Lipinski definition) is 1. The Morgan fingerprint density at radius 2 is 1.20 bits per heavy atom. The molecule has 0 heterocycles. The Morgan fingerprint density at radius 1 is 0.750 bits per heavy atom. The van der Waals surface area contributed by atoms with Gasteiger partial charge in [0, 0.05) is 6.42 Å². The highest BCUT2D eigenvalue weighted by Crippen LogP contribution is 2.10. The van der Waals surface area contributed by atoms with E-state index in [-0.39, 0.29) is 0 Å². The minimum atomic E-state index is 0.336. The van der Waals surface area contributed by atoms with Crippen LogP contribution in [0.15, 0.2) is 24.5 Å². The molecule has 0 fully saturated rings. The summed E-state index contributed by atoms with van der Waals surface area (Å²) in [7, 11) is 0. The third-order valence-corrected chi connectivity index (χ3v) is 3.73. The van der Waals surface area contributed by atoms with Gasteiger partial charge in [-0.3, -0.25) is 0 Å². The predicted octanol–water partition coefficient (Wildman–Crippen LogP) is 7.10. The topological polar surface area (TPSA) is 20.2 Å². The minimum Gasteiger partial charge on any atom is -0.513 e. The Balaban J connectivity index is 3.07. The van der Waals surface area contributed by atoms with Gasteiger partial charge in [0.1, 0.15) is 0 Å². The molecule has 0 aromatic heterocycles. The molecule has 1 nitrogen and oxygen atoms in total. The van der Waals surface area contributed by atoms with Crippen molar-refractivity contribution in [1.82, 2.24) is 0 Å². The number of aliphatic hydroxyl groups is 1. The van der Waals surface area contributed by atoms with Gasteiger partial charge >= 0.3 is 0 Å². The molecular weight excluding hydrogens is 244 g/mol. The largest absolute Gasteiger partial charge is 0.513 e. The van der Waals surface area contributed by atoms with Crippen molar-refractivity contribution in [2.45, 2.75) is 96.8 Å². The van der Waals surface area contributed by atoms with Crippen molar-refractivity contribution in [3.8, 4) is 0 Å². The first-order valence-corrected chi connectivity index (χ1v) is 8.79. The van der Waals surface area contributed by atoms with Crippen molar-refractivity contribution in [2.24, 2.45) is 0 Å². The summed E-state index contributed by atoms with van der Waals surface area (Å²) in [4.78, 5) is 0. The Hall–Kier alpha value is -0.720. The Morgan fingerprint density at radius 3 is 1.70 bits per heavy atom. The first-order valence-electron chi connectivity index (χ1n) is 8.79. The van der Waals surface area contributed by atoms with Crippen LogP contribution in [0.5, 0.6) is 0 Å². The maximum atomic E-state index is 8.95. The van der Waals surface area contributed by atoms with Crippen LogP contribution in [0.3, 0.4) is 0 Å². The van der Waals surface area contributed by atoms with Crippen LogP contribution in [-0.4, -0.2) is 5.11 Å². The molecule has 0 aliphatic rings. The number of hydrogen-bond acceptors (Lipinski definition) is 1. The maximum Gasteiger partial charge on any atom is 0.0851 e. The van der Waals surface area contributed by atoms with E-state index in [2.05, 4.69) is 25.7 Å². The highest BCUT2D eigenvalue weighted by Gasteiger charge is 1.92. The summed E-state index contributed by atoms with van der Waals surface area (Å²) in [5.74, 6) is 0.336. The molecule has 0 aliphatic carbocycles. The van der Waals surface area contributed by atoms with Crippen LogP contribution in [0.25, 0.3) is 0 Å². The zero-order valence-electron chi connectivity index (χ0n) is 13.7. The van der Waals surface area contributed by atoms with E-state index in [1.807, 2.05) is 0 Å². The molecule has 20 heavy (non-hydrogen) atoms. The van der Waals surface area contributed by atoms with Gasteiger partial charge in [0.15, 0.2) is 0 Å². The molecular formula is C19H36O. The Labute approximate surface area is 127 Å². The molecule has 0 unspecified atom stereocenters. The molecule has 0 bridgehead atoms. The normalized spacial score (nSPS) is 11.2. The lowest BCUT2D eigenvalue weighted by atomic mass is 10.1. The summed E-state index contributed by atoms with van der Waals surface area (Å²) in [5, 5.41) is 8.95. The fraction of sp³-hybridized carbons (Fsp3) is 0.789.